The number of benzene rings is 1. The van der Waals surface area contributed by atoms with E-state index in [1.807, 2.05) is 12.1 Å². The molecule has 0 bridgehead atoms. The molecule has 0 heterocycles. The maximum absolute atomic E-state index is 13.0. The summed E-state index contributed by atoms with van der Waals surface area (Å²) >= 11 is 9.35. The van der Waals surface area contributed by atoms with Gasteiger partial charge in [-0.05, 0) is 30.5 Å². The van der Waals surface area contributed by atoms with Gasteiger partial charge in [-0.15, -0.1) is 0 Å². The Morgan fingerprint density at radius 3 is 2.82 bits per heavy atom. The zero-order chi connectivity index (χ0) is 12.5. The summed E-state index contributed by atoms with van der Waals surface area (Å²) in [5.41, 5.74) is 0.796. The third-order valence-electron chi connectivity index (χ3n) is 3.02. The number of hydrogen-bond acceptors (Lipinski definition) is 1. The second-order valence-corrected chi connectivity index (χ2v) is 5.79. The summed E-state index contributed by atoms with van der Waals surface area (Å²) in [6, 6.07) is 5.50. The summed E-state index contributed by atoms with van der Waals surface area (Å²) in [6.45, 7) is 0.553. The number of anilines is 1. The van der Waals surface area contributed by atoms with Crippen molar-refractivity contribution in [2.45, 2.75) is 25.2 Å². The summed E-state index contributed by atoms with van der Waals surface area (Å²) in [5, 5.41) is 3.73. The number of alkyl halides is 2. The van der Waals surface area contributed by atoms with Crippen molar-refractivity contribution in [3.8, 4) is 0 Å². The van der Waals surface area contributed by atoms with Crippen LogP contribution in [0.5, 0.6) is 0 Å². The SMILES string of the molecule is FC1(F)CCC(CNc2ccc(Br)cc2Cl)C1. The second-order valence-electron chi connectivity index (χ2n) is 4.47. The van der Waals surface area contributed by atoms with Crippen molar-refractivity contribution in [2.75, 3.05) is 11.9 Å². The fourth-order valence-corrected chi connectivity index (χ4v) is 2.84. The van der Waals surface area contributed by atoms with Gasteiger partial charge in [-0.3, -0.25) is 0 Å². The molecule has 1 saturated carbocycles. The highest BCUT2D eigenvalue weighted by atomic mass is 79.9. The molecule has 0 amide bonds. The molecule has 1 atom stereocenters. The number of nitrogens with one attached hydrogen (secondary N) is 1. The predicted octanol–water partition coefficient (Wildman–Crippen LogP) is 4.95. The maximum Gasteiger partial charge on any atom is 0.248 e. The Kier molecular flexibility index (Phi) is 3.93. The zero-order valence-electron chi connectivity index (χ0n) is 9.15. The molecule has 0 saturated heterocycles. The normalized spacial score (nSPS) is 22.7. The molecule has 94 valence electrons. The topological polar surface area (TPSA) is 12.0 Å². The Hall–Kier alpha value is -0.350. The van der Waals surface area contributed by atoms with E-state index < -0.39 is 5.92 Å². The van der Waals surface area contributed by atoms with Crippen LogP contribution in [0.1, 0.15) is 19.3 Å². The Bertz CT molecular complexity index is 411. The van der Waals surface area contributed by atoms with E-state index in [9.17, 15) is 8.78 Å². The molecule has 2 rings (SSSR count). The van der Waals surface area contributed by atoms with E-state index in [0.717, 1.165) is 10.2 Å². The first kappa shape index (κ1) is 13.1. The number of hydrogen-bond donors (Lipinski definition) is 1. The Morgan fingerprint density at radius 2 is 2.24 bits per heavy atom. The van der Waals surface area contributed by atoms with Crippen LogP contribution in [0.3, 0.4) is 0 Å². The lowest BCUT2D eigenvalue weighted by molar-refractivity contribution is 0.00556. The smallest absolute Gasteiger partial charge is 0.248 e. The zero-order valence-corrected chi connectivity index (χ0v) is 11.5. The van der Waals surface area contributed by atoms with Crippen LogP contribution in [0.25, 0.3) is 0 Å². The van der Waals surface area contributed by atoms with Gasteiger partial charge in [0.25, 0.3) is 0 Å². The van der Waals surface area contributed by atoms with Gasteiger partial charge >= 0.3 is 0 Å². The lowest BCUT2D eigenvalue weighted by Gasteiger charge is -2.13. The third-order valence-corrected chi connectivity index (χ3v) is 3.82. The predicted molar refractivity (Wildman–Crippen MR) is 69.9 cm³/mol. The molecule has 5 heteroatoms. The van der Waals surface area contributed by atoms with Crippen molar-refractivity contribution >= 4 is 33.2 Å². The van der Waals surface area contributed by atoms with Crippen LogP contribution in [0.4, 0.5) is 14.5 Å². The quantitative estimate of drug-likeness (QED) is 0.829. The minimum Gasteiger partial charge on any atom is -0.384 e. The van der Waals surface area contributed by atoms with Crippen LogP contribution in [-0.2, 0) is 0 Å². The van der Waals surface area contributed by atoms with Gasteiger partial charge in [0.05, 0.1) is 10.7 Å². The molecule has 0 spiro atoms. The van der Waals surface area contributed by atoms with Crippen LogP contribution in [0, 0.1) is 5.92 Å². The van der Waals surface area contributed by atoms with E-state index in [4.69, 9.17) is 11.6 Å². The van der Waals surface area contributed by atoms with Crippen LogP contribution in [0.2, 0.25) is 5.02 Å². The monoisotopic (exact) mass is 323 g/mol. The van der Waals surface area contributed by atoms with Gasteiger partial charge < -0.3 is 5.32 Å². The van der Waals surface area contributed by atoms with E-state index >= 15 is 0 Å². The maximum atomic E-state index is 13.0. The first-order valence-electron chi connectivity index (χ1n) is 5.53. The molecule has 1 aromatic carbocycles. The van der Waals surface area contributed by atoms with Gasteiger partial charge in [0.2, 0.25) is 5.92 Å². The summed E-state index contributed by atoms with van der Waals surface area (Å²) < 4.78 is 26.9. The highest BCUT2D eigenvalue weighted by Gasteiger charge is 2.39. The molecule has 1 nitrogen and oxygen atoms in total. The van der Waals surface area contributed by atoms with Crippen molar-refractivity contribution < 1.29 is 8.78 Å². The number of halogens is 4. The van der Waals surface area contributed by atoms with E-state index in [1.165, 1.54) is 0 Å². The third kappa shape index (κ3) is 3.55. The van der Waals surface area contributed by atoms with Crippen LogP contribution in [-0.4, -0.2) is 12.5 Å². The molecule has 17 heavy (non-hydrogen) atoms. The highest BCUT2D eigenvalue weighted by Crippen LogP contribution is 2.39. The first-order chi connectivity index (χ1) is 7.96. The van der Waals surface area contributed by atoms with Crippen molar-refractivity contribution in [1.29, 1.82) is 0 Å². The van der Waals surface area contributed by atoms with Gasteiger partial charge in [0, 0.05) is 23.9 Å². The van der Waals surface area contributed by atoms with Crippen molar-refractivity contribution in [3.63, 3.8) is 0 Å². The van der Waals surface area contributed by atoms with Gasteiger partial charge in [0.1, 0.15) is 0 Å². The molecule has 1 aromatic rings. The van der Waals surface area contributed by atoms with Crippen LogP contribution < -0.4 is 5.32 Å². The summed E-state index contributed by atoms with van der Waals surface area (Å²) in [6.07, 6.45) is 0.565. The lowest BCUT2D eigenvalue weighted by atomic mass is 10.1. The Balaban J connectivity index is 1.90. The summed E-state index contributed by atoms with van der Waals surface area (Å²) in [4.78, 5) is 0. The molecular weight excluding hydrogens is 311 g/mol. The van der Waals surface area contributed by atoms with Crippen molar-refractivity contribution in [3.05, 3.63) is 27.7 Å². The van der Waals surface area contributed by atoms with Crippen molar-refractivity contribution in [1.82, 2.24) is 0 Å². The second kappa shape index (κ2) is 5.11. The molecule has 0 aromatic heterocycles. The standard InChI is InChI=1S/C12H13BrClF2N/c13-9-1-2-11(10(14)5-9)17-7-8-3-4-12(15,16)6-8/h1-2,5,8,17H,3-4,6-7H2. The highest BCUT2D eigenvalue weighted by molar-refractivity contribution is 9.10. The average Bonchev–Trinajstić information content (AvgIpc) is 2.57. The van der Waals surface area contributed by atoms with E-state index in [2.05, 4.69) is 21.2 Å². The summed E-state index contributed by atoms with van der Waals surface area (Å²) in [7, 11) is 0. The largest absolute Gasteiger partial charge is 0.384 e. The van der Waals surface area contributed by atoms with E-state index in [0.29, 0.717) is 18.0 Å². The van der Waals surface area contributed by atoms with Crippen molar-refractivity contribution in [2.24, 2.45) is 5.92 Å². The fourth-order valence-electron chi connectivity index (χ4n) is 2.10. The first-order valence-corrected chi connectivity index (χ1v) is 6.70. The van der Waals surface area contributed by atoms with E-state index in [1.54, 1.807) is 6.07 Å². The molecule has 1 N–H and O–H groups in total. The lowest BCUT2D eigenvalue weighted by Crippen LogP contribution is -2.15. The molecule has 1 aliphatic rings. The number of rotatable bonds is 3. The molecule has 1 aliphatic carbocycles. The molecule has 1 fully saturated rings. The molecule has 1 unspecified atom stereocenters. The van der Waals surface area contributed by atoms with Crippen LogP contribution >= 0.6 is 27.5 Å². The minimum atomic E-state index is -2.48. The Morgan fingerprint density at radius 1 is 1.47 bits per heavy atom. The van der Waals surface area contributed by atoms with Gasteiger partial charge in [-0.1, -0.05) is 27.5 Å². The van der Waals surface area contributed by atoms with Gasteiger partial charge in [-0.2, -0.15) is 0 Å². The average molecular weight is 325 g/mol. The van der Waals surface area contributed by atoms with E-state index in [-0.39, 0.29) is 18.8 Å². The van der Waals surface area contributed by atoms with Gasteiger partial charge in [-0.25, -0.2) is 8.78 Å². The fraction of sp³-hybridized carbons (Fsp3) is 0.500. The summed E-state index contributed by atoms with van der Waals surface area (Å²) in [5.74, 6) is -2.44. The van der Waals surface area contributed by atoms with Crippen LogP contribution in [0.15, 0.2) is 22.7 Å². The minimum absolute atomic E-state index is 0.00736. The van der Waals surface area contributed by atoms with Gasteiger partial charge in [0.15, 0.2) is 0 Å². The Labute approximate surface area is 113 Å². The molecule has 0 radical (unpaired) electrons. The molecular formula is C12H13BrClF2N. The molecule has 0 aliphatic heterocycles.